The van der Waals surface area contributed by atoms with E-state index in [-0.39, 0.29) is 24.0 Å². The van der Waals surface area contributed by atoms with E-state index in [9.17, 15) is 0 Å². The van der Waals surface area contributed by atoms with Gasteiger partial charge in [0.1, 0.15) is 0 Å². The SMILES string of the molecule is CCNC(=NCc1ccccc1-c1ccc(Cn2ccnc2)cc1)NCCOCC.I. The molecule has 0 unspecified atom stereocenters. The van der Waals surface area contributed by atoms with Crippen molar-refractivity contribution in [1.29, 1.82) is 0 Å². The lowest BCUT2D eigenvalue weighted by molar-refractivity contribution is 0.152. The van der Waals surface area contributed by atoms with Gasteiger partial charge in [-0.2, -0.15) is 0 Å². The second-order valence-corrected chi connectivity index (χ2v) is 6.91. The highest BCUT2D eigenvalue weighted by Gasteiger charge is 2.06. The predicted octanol–water partition coefficient (Wildman–Crippen LogP) is 4.31. The fourth-order valence-corrected chi connectivity index (χ4v) is 3.21. The van der Waals surface area contributed by atoms with E-state index in [1.54, 1.807) is 6.20 Å². The number of rotatable bonds is 10. The summed E-state index contributed by atoms with van der Waals surface area (Å²) in [6.45, 7) is 8.45. The van der Waals surface area contributed by atoms with Crippen LogP contribution in [0.25, 0.3) is 11.1 Å². The van der Waals surface area contributed by atoms with Gasteiger partial charge in [0.2, 0.25) is 0 Å². The van der Waals surface area contributed by atoms with Gasteiger partial charge in [-0.1, -0.05) is 48.5 Å². The zero-order valence-corrected chi connectivity index (χ0v) is 20.6. The average molecular weight is 533 g/mol. The van der Waals surface area contributed by atoms with Crippen LogP contribution >= 0.6 is 24.0 Å². The van der Waals surface area contributed by atoms with Crippen LogP contribution in [0.3, 0.4) is 0 Å². The molecule has 0 saturated carbocycles. The molecule has 3 aromatic rings. The minimum atomic E-state index is 0. The van der Waals surface area contributed by atoms with Crippen LogP contribution in [0.5, 0.6) is 0 Å². The van der Waals surface area contributed by atoms with Gasteiger partial charge in [-0.3, -0.25) is 0 Å². The molecular formula is C24H32IN5O. The highest BCUT2D eigenvalue weighted by atomic mass is 127. The predicted molar refractivity (Wildman–Crippen MR) is 138 cm³/mol. The van der Waals surface area contributed by atoms with Crippen LogP contribution in [0.1, 0.15) is 25.0 Å². The molecule has 0 aliphatic rings. The molecule has 0 saturated heterocycles. The Morgan fingerprint density at radius 3 is 2.58 bits per heavy atom. The van der Waals surface area contributed by atoms with Crippen LogP contribution in [0, 0.1) is 0 Å². The first-order valence-electron chi connectivity index (χ1n) is 10.5. The second-order valence-electron chi connectivity index (χ2n) is 6.91. The largest absolute Gasteiger partial charge is 0.380 e. The molecule has 0 bridgehead atoms. The Balaban J connectivity index is 0.00000341. The smallest absolute Gasteiger partial charge is 0.191 e. The highest BCUT2D eigenvalue weighted by molar-refractivity contribution is 14.0. The van der Waals surface area contributed by atoms with Crippen molar-refractivity contribution in [3.05, 3.63) is 78.4 Å². The maximum Gasteiger partial charge on any atom is 0.191 e. The maximum atomic E-state index is 5.39. The Morgan fingerprint density at radius 2 is 1.87 bits per heavy atom. The molecule has 0 amide bonds. The van der Waals surface area contributed by atoms with E-state index in [0.717, 1.165) is 32.2 Å². The Labute approximate surface area is 202 Å². The first kappa shape index (κ1) is 24.9. The number of guanidine groups is 1. The van der Waals surface area contributed by atoms with Gasteiger partial charge in [0, 0.05) is 38.6 Å². The topological polar surface area (TPSA) is 63.5 Å². The van der Waals surface area contributed by atoms with Gasteiger partial charge < -0.3 is 19.9 Å². The van der Waals surface area contributed by atoms with E-state index in [4.69, 9.17) is 9.73 Å². The van der Waals surface area contributed by atoms with Gasteiger partial charge in [-0.15, -0.1) is 24.0 Å². The summed E-state index contributed by atoms with van der Waals surface area (Å²) < 4.78 is 7.46. The number of halogens is 1. The standard InChI is InChI=1S/C24H31N5O.HI/c1-3-26-24(27-14-16-30-4-2)28-17-22-7-5-6-8-23(22)21-11-9-20(10-12-21)18-29-15-13-25-19-29;/h5-13,15,19H,3-4,14,16-18H2,1-2H3,(H2,26,27,28);1H. The third-order valence-electron chi connectivity index (χ3n) is 4.70. The summed E-state index contributed by atoms with van der Waals surface area (Å²) in [5.41, 5.74) is 4.85. The van der Waals surface area contributed by atoms with Gasteiger partial charge in [-0.25, -0.2) is 9.98 Å². The quantitative estimate of drug-likeness (QED) is 0.177. The van der Waals surface area contributed by atoms with E-state index >= 15 is 0 Å². The molecule has 3 rings (SSSR count). The summed E-state index contributed by atoms with van der Waals surface area (Å²) in [5, 5.41) is 6.61. The first-order chi connectivity index (χ1) is 14.8. The third-order valence-corrected chi connectivity index (χ3v) is 4.70. The van der Waals surface area contributed by atoms with Crippen LogP contribution in [-0.4, -0.2) is 41.8 Å². The van der Waals surface area contributed by atoms with Crippen LogP contribution in [0.2, 0.25) is 0 Å². The van der Waals surface area contributed by atoms with Gasteiger partial charge in [-0.05, 0) is 36.1 Å². The molecule has 0 aliphatic carbocycles. The van der Waals surface area contributed by atoms with Crippen molar-refractivity contribution < 1.29 is 4.74 Å². The van der Waals surface area contributed by atoms with Crippen molar-refractivity contribution in [3.8, 4) is 11.1 Å². The van der Waals surface area contributed by atoms with Crippen molar-refractivity contribution in [1.82, 2.24) is 20.2 Å². The van der Waals surface area contributed by atoms with Gasteiger partial charge in [0.15, 0.2) is 5.96 Å². The third kappa shape index (κ3) is 7.99. The molecule has 0 radical (unpaired) electrons. The van der Waals surface area contributed by atoms with Crippen molar-refractivity contribution in [2.24, 2.45) is 4.99 Å². The number of nitrogens with one attached hydrogen (secondary N) is 2. The Morgan fingerprint density at radius 1 is 1.06 bits per heavy atom. The summed E-state index contributed by atoms with van der Waals surface area (Å²) in [4.78, 5) is 8.87. The zero-order valence-electron chi connectivity index (χ0n) is 18.3. The summed E-state index contributed by atoms with van der Waals surface area (Å²) in [6, 6.07) is 17.2. The van der Waals surface area contributed by atoms with Crippen LogP contribution in [-0.2, 0) is 17.8 Å². The number of nitrogens with zero attached hydrogens (tertiary/aromatic N) is 3. The molecule has 7 heteroatoms. The highest BCUT2D eigenvalue weighted by Crippen LogP contribution is 2.25. The molecule has 1 aromatic heterocycles. The normalized spacial score (nSPS) is 11.1. The fraction of sp³-hybridized carbons (Fsp3) is 0.333. The molecule has 2 aromatic carbocycles. The number of aliphatic imine (C=N–C) groups is 1. The van der Waals surface area contributed by atoms with Crippen molar-refractivity contribution >= 4 is 29.9 Å². The second kappa shape index (κ2) is 13.8. The Bertz CT molecular complexity index is 910. The van der Waals surface area contributed by atoms with Crippen LogP contribution < -0.4 is 10.6 Å². The van der Waals surface area contributed by atoms with E-state index in [0.29, 0.717) is 13.2 Å². The molecule has 0 spiro atoms. The number of benzene rings is 2. The number of hydrogen-bond acceptors (Lipinski definition) is 3. The molecule has 1 heterocycles. The van der Waals surface area contributed by atoms with E-state index in [1.807, 2.05) is 19.4 Å². The Hall–Kier alpha value is -2.39. The number of aromatic nitrogens is 2. The molecule has 6 nitrogen and oxygen atoms in total. The summed E-state index contributed by atoms with van der Waals surface area (Å²) >= 11 is 0. The van der Waals surface area contributed by atoms with Gasteiger partial charge >= 0.3 is 0 Å². The average Bonchev–Trinajstić information content (AvgIpc) is 3.29. The lowest BCUT2D eigenvalue weighted by Gasteiger charge is -2.13. The molecule has 2 N–H and O–H groups in total. The minimum Gasteiger partial charge on any atom is -0.380 e. The number of ether oxygens (including phenoxy) is 1. The fourth-order valence-electron chi connectivity index (χ4n) is 3.21. The molecule has 166 valence electrons. The van der Waals surface area contributed by atoms with Crippen molar-refractivity contribution in [2.75, 3.05) is 26.3 Å². The lowest BCUT2D eigenvalue weighted by atomic mass is 9.98. The van der Waals surface area contributed by atoms with Crippen LogP contribution in [0.15, 0.2) is 72.2 Å². The van der Waals surface area contributed by atoms with E-state index in [1.165, 1.54) is 22.3 Å². The Kier molecular flexibility index (Phi) is 11.1. The molecule has 0 aliphatic heterocycles. The molecule has 31 heavy (non-hydrogen) atoms. The van der Waals surface area contributed by atoms with Crippen LogP contribution in [0.4, 0.5) is 0 Å². The van der Waals surface area contributed by atoms with Crippen molar-refractivity contribution in [2.45, 2.75) is 26.9 Å². The zero-order chi connectivity index (χ0) is 21.0. The lowest BCUT2D eigenvalue weighted by Crippen LogP contribution is -2.39. The molecule has 0 fully saturated rings. The van der Waals surface area contributed by atoms with Crippen molar-refractivity contribution in [3.63, 3.8) is 0 Å². The van der Waals surface area contributed by atoms with Gasteiger partial charge in [0.05, 0.1) is 19.5 Å². The summed E-state index contributed by atoms with van der Waals surface area (Å²) in [7, 11) is 0. The number of imidazole rings is 1. The maximum absolute atomic E-state index is 5.39. The monoisotopic (exact) mass is 533 g/mol. The minimum absolute atomic E-state index is 0. The summed E-state index contributed by atoms with van der Waals surface area (Å²) in [6.07, 6.45) is 5.62. The van der Waals surface area contributed by atoms with Gasteiger partial charge in [0.25, 0.3) is 0 Å². The van der Waals surface area contributed by atoms with E-state index in [2.05, 4.69) is 75.6 Å². The molecule has 0 atom stereocenters. The van der Waals surface area contributed by atoms with E-state index < -0.39 is 0 Å². The summed E-state index contributed by atoms with van der Waals surface area (Å²) in [5.74, 6) is 0.808. The molecular weight excluding hydrogens is 501 g/mol. The first-order valence-corrected chi connectivity index (χ1v) is 10.5. The number of hydrogen-bond donors (Lipinski definition) is 2.